The van der Waals surface area contributed by atoms with E-state index in [9.17, 15) is 26.4 Å². The lowest BCUT2D eigenvalue weighted by molar-refractivity contribution is 0.0746. The van der Waals surface area contributed by atoms with E-state index in [2.05, 4.69) is 0 Å². The lowest BCUT2D eigenvalue weighted by atomic mass is 10.1. The van der Waals surface area contributed by atoms with Crippen LogP contribution in [0.15, 0.2) is 53.4 Å². The summed E-state index contributed by atoms with van der Waals surface area (Å²) in [4.78, 5) is 15.7. The van der Waals surface area contributed by atoms with Gasteiger partial charge in [0.2, 0.25) is 9.84 Å². The molecule has 2 aromatic rings. The summed E-state index contributed by atoms with van der Waals surface area (Å²) in [6.45, 7) is 2.00. The second-order valence-electron chi connectivity index (χ2n) is 6.09. The van der Waals surface area contributed by atoms with Crippen molar-refractivity contribution in [1.82, 2.24) is 4.90 Å². The zero-order chi connectivity index (χ0) is 19.6. The molecule has 0 saturated carbocycles. The Bertz CT molecular complexity index is 908. The van der Waals surface area contributed by atoms with Crippen molar-refractivity contribution in [3.05, 3.63) is 59.9 Å². The molecule has 9 heteroatoms. The van der Waals surface area contributed by atoms with Gasteiger partial charge in [0.1, 0.15) is 5.82 Å². The standard InChI is InChI=1S/C18H17F3N2O3S/c19-14-3-5-15(6-4-14)22-9-11-23(12-10-22)17(24)13-1-7-16(8-2-13)27(25,26)18(20)21/h1-8,18H,9-12H2. The van der Waals surface area contributed by atoms with Crippen molar-refractivity contribution >= 4 is 21.4 Å². The highest BCUT2D eigenvalue weighted by Crippen LogP contribution is 2.21. The van der Waals surface area contributed by atoms with Gasteiger partial charge in [0.05, 0.1) is 4.90 Å². The Hall–Kier alpha value is -2.55. The van der Waals surface area contributed by atoms with Gasteiger partial charge in [-0.25, -0.2) is 12.8 Å². The Morgan fingerprint density at radius 2 is 1.44 bits per heavy atom. The third-order valence-corrected chi connectivity index (χ3v) is 5.82. The molecule has 0 atom stereocenters. The summed E-state index contributed by atoms with van der Waals surface area (Å²) in [5.41, 5.74) is 1.10. The number of sulfone groups is 1. The molecule has 3 rings (SSSR count). The maximum absolute atomic E-state index is 13.0. The summed E-state index contributed by atoms with van der Waals surface area (Å²) in [6.07, 6.45) is 0. The third kappa shape index (κ3) is 4.08. The molecule has 1 heterocycles. The SMILES string of the molecule is O=C(c1ccc(S(=O)(=O)C(F)F)cc1)N1CCN(c2ccc(F)cc2)CC1. The zero-order valence-electron chi connectivity index (χ0n) is 14.2. The number of carbonyl (C=O) groups excluding carboxylic acids is 1. The van der Waals surface area contributed by atoms with Crippen LogP contribution in [0.4, 0.5) is 18.9 Å². The summed E-state index contributed by atoms with van der Waals surface area (Å²) >= 11 is 0. The van der Waals surface area contributed by atoms with Crippen LogP contribution in [0.25, 0.3) is 0 Å². The lowest BCUT2D eigenvalue weighted by Gasteiger charge is -2.36. The van der Waals surface area contributed by atoms with Crippen LogP contribution in [-0.2, 0) is 9.84 Å². The van der Waals surface area contributed by atoms with Gasteiger partial charge >= 0.3 is 5.76 Å². The van der Waals surface area contributed by atoms with E-state index < -0.39 is 20.5 Å². The fourth-order valence-electron chi connectivity index (χ4n) is 2.89. The molecule has 5 nitrogen and oxygen atoms in total. The summed E-state index contributed by atoms with van der Waals surface area (Å²) in [5, 5.41) is 0. The fraction of sp³-hybridized carbons (Fsp3) is 0.278. The number of anilines is 1. The second kappa shape index (κ2) is 7.59. The van der Waals surface area contributed by atoms with Crippen molar-refractivity contribution in [3.63, 3.8) is 0 Å². The van der Waals surface area contributed by atoms with Gasteiger partial charge in [-0.15, -0.1) is 0 Å². The van der Waals surface area contributed by atoms with Crippen molar-refractivity contribution < 1.29 is 26.4 Å². The molecular weight excluding hydrogens is 381 g/mol. The van der Waals surface area contributed by atoms with Gasteiger partial charge in [-0.2, -0.15) is 8.78 Å². The molecule has 0 unspecified atom stereocenters. The van der Waals surface area contributed by atoms with Crippen LogP contribution in [0.2, 0.25) is 0 Å². The van der Waals surface area contributed by atoms with Crippen molar-refractivity contribution in [3.8, 4) is 0 Å². The van der Waals surface area contributed by atoms with Crippen LogP contribution in [0.1, 0.15) is 10.4 Å². The Labute approximate surface area is 154 Å². The van der Waals surface area contributed by atoms with E-state index in [1.807, 2.05) is 4.90 Å². The molecule has 1 fully saturated rings. The molecule has 144 valence electrons. The number of alkyl halides is 2. The van der Waals surface area contributed by atoms with E-state index >= 15 is 0 Å². The van der Waals surface area contributed by atoms with Gasteiger partial charge in [0, 0.05) is 37.4 Å². The predicted octanol–water partition coefficient (Wildman–Crippen LogP) is 2.78. The average molecular weight is 398 g/mol. The first-order valence-corrected chi connectivity index (χ1v) is 9.75. The fourth-order valence-corrected chi connectivity index (χ4v) is 3.61. The van der Waals surface area contributed by atoms with E-state index in [1.54, 1.807) is 17.0 Å². The van der Waals surface area contributed by atoms with Crippen LogP contribution < -0.4 is 4.90 Å². The number of hydrogen-bond acceptors (Lipinski definition) is 4. The summed E-state index contributed by atoms with van der Waals surface area (Å²) < 4.78 is 61.0. The number of amides is 1. The van der Waals surface area contributed by atoms with E-state index in [4.69, 9.17) is 0 Å². The summed E-state index contributed by atoms with van der Waals surface area (Å²) in [6, 6.07) is 10.6. The molecular formula is C18H17F3N2O3S. The highest BCUT2D eigenvalue weighted by Gasteiger charge is 2.27. The highest BCUT2D eigenvalue weighted by atomic mass is 32.2. The van der Waals surface area contributed by atoms with Gasteiger partial charge in [-0.1, -0.05) is 0 Å². The molecule has 27 heavy (non-hydrogen) atoms. The molecule has 2 aromatic carbocycles. The maximum atomic E-state index is 13.0. The Morgan fingerprint density at radius 3 is 1.96 bits per heavy atom. The van der Waals surface area contributed by atoms with Crippen LogP contribution >= 0.6 is 0 Å². The first kappa shape index (κ1) is 19.2. The number of benzene rings is 2. The minimum Gasteiger partial charge on any atom is -0.368 e. The van der Waals surface area contributed by atoms with E-state index in [0.29, 0.717) is 26.2 Å². The Morgan fingerprint density at radius 1 is 0.889 bits per heavy atom. The topological polar surface area (TPSA) is 57.7 Å². The second-order valence-corrected chi connectivity index (χ2v) is 8.00. The quantitative estimate of drug-likeness (QED) is 0.795. The minimum atomic E-state index is -4.68. The van der Waals surface area contributed by atoms with Crippen LogP contribution in [0.5, 0.6) is 0 Å². The Kier molecular flexibility index (Phi) is 5.41. The summed E-state index contributed by atoms with van der Waals surface area (Å²) in [7, 11) is -4.68. The smallest absolute Gasteiger partial charge is 0.341 e. The third-order valence-electron chi connectivity index (χ3n) is 4.42. The molecule has 0 aliphatic carbocycles. The van der Waals surface area contributed by atoms with Gasteiger partial charge in [-0.3, -0.25) is 4.79 Å². The molecule has 0 bridgehead atoms. The molecule has 0 spiro atoms. The van der Waals surface area contributed by atoms with Crippen molar-refractivity contribution in [1.29, 1.82) is 0 Å². The largest absolute Gasteiger partial charge is 0.368 e. The van der Waals surface area contributed by atoms with E-state index in [0.717, 1.165) is 17.8 Å². The number of nitrogens with zero attached hydrogens (tertiary/aromatic N) is 2. The van der Waals surface area contributed by atoms with Crippen LogP contribution in [0.3, 0.4) is 0 Å². The Balaban J connectivity index is 1.65. The van der Waals surface area contributed by atoms with Gasteiger partial charge in [0.25, 0.3) is 5.91 Å². The van der Waals surface area contributed by atoms with Crippen molar-refractivity contribution in [2.24, 2.45) is 0 Å². The molecule has 1 saturated heterocycles. The molecule has 0 radical (unpaired) electrons. The van der Waals surface area contributed by atoms with Gasteiger partial charge < -0.3 is 9.80 Å². The van der Waals surface area contributed by atoms with Crippen molar-refractivity contribution in [2.45, 2.75) is 10.7 Å². The predicted molar refractivity (Wildman–Crippen MR) is 94.1 cm³/mol. The number of rotatable bonds is 4. The normalized spacial score (nSPS) is 15.3. The number of piperazine rings is 1. The first-order valence-electron chi connectivity index (χ1n) is 8.21. The minimum absolute atomic E-state index is 0.235. The number of carbonyl (C=O) groups is 1. The van der Waals surface area contributed by atoms with Gasteiger partial charge in [-0.05, 0) is 48.5 Å². The van der Waals surface area contributed by atoms with Crippen LogP contribution in [0, 0.1) is 5.82 Å². The zero-order valence-corrected chi connectivity index (χ0v) is 15.0. The molecule has 1 amide bonds. The maximum Gasteiger partial charge on any atom is 0.341 e. The molecule has 1 aliphatic heterocycles. The molecule has 0 aromatic heterocycles. The van der Waals surface area contributed by atoms with Crippen LogP contribution in [-0.4, -0.2) is 51.2 Å². The summed E-state index contributed by atoms with van der Waals surface area (Å²) in [5.74, 6) is -4.11. The molecule has 1 aliphatic rings. The van der Waals surface area contributed by atoms with E-state index in [-0.39, 0.29) is 17.3 Å². The van der Waals surface area contributed by atoms with Gasteiger partial charge in [0.15, 0.2) is 0 Å². The average Bonchev–Trinajstić information content (AvgIpc) is 2.68. The van der Waals surface area contributed by atoms with E-state index in [1.165, 1.54) is 24.3 Å². The number of halogens is 3. The number of hydrogen-bond donors (Lipinski definition) is 0. The van der Waals surface area contributed by atoms with Crippen molar-refractivity contribution in [2.75, 3.05) is 31.1 Å². The lowest BCUT2D eigenvalue weighted by Crippen LogP contribution is -2.48. The molecule has 0 N–H and O–H groups in total. The first-order chi connectivity index (χ1) is 12.8. The monoisotopic (exact) mass is 398 g/mol. The highest BCUT2D eigenvalue weighted by molar-refractivity contribution is 7.91.